The van der Waals surface area contributed by atoms with Crippen molar-refractivity contribution in [3.8, 4) is 5.75 Å². The highest BCUT2D eigenvalue weighted by Crippen LogP contribution is 2.23. The van der Waals surface area contributed by atoms with Gasteiger partial charge in [0.2, 0.25) is 4.77 Å². The fourth-order valence-corrected chi connectivity index (χ4v) is 3.06. The second kappa shape index (κ2) is 9.87. The quantitative estimate of drug-likeness (QED) is 0.346. The molecule has 1 N–H and O–H groups in total. The first kappa shape index (κ1) is 20.6. The number of hydrogen-bond donors (Lipinski definition) is 1. The highest BCUT2D eigenvalue weighted by atomic mass is 35.5. The Hall–Kier alpha value is -2.15. The van der Waals surface area contributed by atoms with E-state index in [1.54, 1.807) is 23.0 Å². The topological polar surface area (TPSA) is 55.2 Å². The number of unbranched alkanes of at least 4 members (excludes halogenated alkanes) is 1. The number of nitrogens with zero attached hydrogens (tertiary/aromatic N) is 3. The molecule has 0 fully saturated rings. The van der Waals surface area contributed by atoms with E-state index in [2.05, 4.69) is 22.2 Å². The minimum atomic E-state index is 0.394. The van der Waals surface area contributed by atoms with E-state index in [4.69, 9.17) is 40.2 Å². The molecule has 28 heavy (non-hydrogen) atoms. The zero-order chi connectivity index (χ0) is 19.9. The molecule has 8 heteroatoms. The van der Waals surface area contributed by atoms with Crippen LogP contribution < -0.4 is 4.74 Å². The fourth-order valence-electron chi connectivity index (χ4n) is 2.55. The average Bonchev–Trinajstić information content (AvgIpc) is 3.05. The van der Waals surface area contributed by atoms with Gasteiger partial charge in [0.1, 0.15) is 12.4 Å². The first-order chi connectivity index (χ1) is 13.6. The number of H-pyrrole nitrogens is 1. The summed E-state index contributed by atoms with van der Waals surface area (Å²) in [4.78, 5) is 0. The molecule has 0 aliphatic heterocycles. The molecule has 0 aliphatic rings. The van der Waals surface area contributed by atoms with Crippen LogP contribution in [0.2, 0.25) is 10.0 Å². The average molecular weight is 435 g/mol. The lowest BCUT2D eigenvalue weighted by Gasteiger charge is -2.08. The maximum atomic E-state index is 6.04. The van der Waals surface area contributed by atoms with Crippen LogP contribution in [0, 0.1) is 4.77 Å². The normalized spacial score (nSPS) is 11.2. The summed E-state index contributed by atoms with van der Waals surface area (Å²) >= 11 is 17.3. The Kier molecular flexibility index (Phi) is 7.25. The lowest BCUT2D eigenvalue weighted by molar-refractivity contribution is 0.306. The van der Waals surface area contributed by atoms with Gasteiger partial charge in [0.25, 0.3) is 0 Å². The van der Waals surface area contributed by atoms with Crippen LogP contribution in [-0.4, -0.2) is 21.1 Å². The summed E-state index contributed by atoms with van der Waals surface area (Å²) in [5.74, 6) is 1.56. The van der Waals surface area contributed by atoms with Gasteiger partial charge in [-0.2, -0.15) is 14.9 Å². The fraction of sp³-hybridized carbons (Fsp3) is 0.250. The molecule has 0 spiro atoms. The van der Waals surface area contributed by atoms with E-state index in [1.807, 2.05) is 30.3 Å². The van der Waals surface area contributed by atoms with Crippen LogP contribution in [0.4, 0.5) is 0 Å². The molecule has 0 amide bonds. The first-order valence-corrected chi connectivity index (χ1v) is 10.1. The summed E-state index contributed by atoms with van der Waals surface area (Å²) in [6.07, 6.45) is 4.69. The molecule has 2 aromatic carbocycles. The summed E-state index contributed by atoms with van der Waals surface area (Å²) in [5.41, 5.74) is 1.84. The maximum Gasteiger partial charge on any atom is 0.216 e. The predicted molar refractivity (Wildman–Crippen MR) is 116 cm³/mol. The van der Waals surface area contributed by atoms with Gasteiger partial charge in [-0.25, -0.2) is 0 Å². The van der Waals surface area contributed by atoms with E-state index >= 15 is 0 Å². The highest BCUT2D eigenvalue weighted by molar-refractivity contribution is 7.71. The van der Waals surface area contributed by atoms with Crippen LogP contribution in [0.3, 0.4) is 0 Å². The Labute approximate surface area is 179 Å². The van der Waals surface area contributed by atoms with Crippen LogP contribution in [0.5, 0.6) is 5.75 Å². The van der Waals surface area contributed by atoms with Crippen molar-refractivity contribution in [1.29, 1.82) is 0 Å². The van der Waals surface area contributed by atoms with Crippen molar-refractivity contribution in [3.63, 3.8) is 0 Å². The van der Waals surface area contributed by atoms with Gasteiger partial charge in [0, 0.05) is 6.42 Å². The number of nitrogens with one attached hydrogen (secondary N) is 1. The maximum absolute atomic E-state index is 6.04. The third-order valence-electron chi connectivity index (χ3n) is 4.04. The molecule has 0 saturated heterocycles. The van der Waals surface area contributed by atoms with Crippen molar-refractivity contribution in [2.24, 2.45) is 5.10 Å². The van der Waals surface area contributed by atoms with Gasteiger partial charge < -0.3 is 4.74 Å². The number of hydrogen-bond acceptors (Lipinski definition) is 4. The number of aromatic nitrogens is 3. The Morgan fingerprint density at radius 2 is 2.07 bits per heavy atom. The van der Waals surface area contributed by atoms with Crippen molar-refractivity contribution in [2.75, 3.05) is 0 Å². The van der Waals surface area contributed by atoms with Gasteiger partial charge in [-0.05, 0) is 54.0 Å². The lowest BCUT2D eigenvalue weighted by atomic mass is 10.2. The zero-order valence-corrected chi connectivity index (χ0v) is 17.7. The monoisotopic (exact) mass is 434 g/mol. The van der Waals surface area contributed by atoms with Crippen molar-refractivity contribution in [2.45, 2.75) is 32.8 Å². The van der Waals surface area contributed by atoms with Crippen molar-refractivity contribution in [1.82, 2.24) is 14.9 Å². The Balaban J connectivity index is 1.69. The third kappa shape index (κ3) is 5.44. The minimum absolute atomic E-state index is 0.394. The molecule has 0 aliphatic carbocycles. The molecule has 3 rings (SSSR count). The number of ether oxygens (including phenoxy) is 1. The van der Waals surface area contributed by atoms with E-state index in [-0.39, 0.29) is 0 Å². The predicted octanol–water partition coefficient (Wildman–Crippen LogP) is 6.05. The smallest absolute Gasteiger partial charge is 0.216 e. The van der Waals surface area contributed by atoms with Gasteiger partial charge in [-0.15, -0.1) is 0 Å². The van der Waals surface area contributed by atoms with Crippen LogP contribution in [0.25, 0.3) is 0 Å². The summed E-state index contributed by atoms with van der Waals surface area (Å²) < 4.78 is 8.00. The van der Waals surface area contributed by atoms with Gasteiger partial charge in [0.15, 0.2) is 5.82 Å². The first-order valence-electron chi connectivity index (χ1n) is 8.94. The van der Waals surface area contributed by atoms with Gasteiger partial charge in [-0.3, -0.25) is 5.10 Å². The van der Waals surface area contributed by atoms with E-state index in [0.717, 1.165) is 42.0 Å². The largest absolute Gasteiger partial charge is 0.489 e. The summed E-state index contributed by atoms with van der Waals surface area (Å²) in [7, 11) is 0. The Morgan fingerprint density at radius 3 is 2.86 bits per heavy atom. The van der Waals surface area contributed by atoms with Crippen molar-refractivity contribution < 1.29 is 4.74 Å². The van der Waals surface area contributed by atoms with Crippen LogP contribution in [0.1, 0.15) is 36.7 Å². The molecule has 5 nitrogen and oxygen atoms in total. The van der Waals surface area contributed by atoms with Gasteiger partial charge in [-0.1, -0.05) is 54.7 Å². The standard InChI is InChI=1S/C20H20Cl2N4OS/c1-2-3-7-19-24-25-20(28)26(19)23-12-14-5-4-6-16(10-14)27-13-15-8-9-17(21)18(22)11-15/h4-6,8-12H,2-3,7,13H2,1H3,(H,25,28)/b23-12+. The molecular weight excluding hydrogens is 415 g/mol. The molecule has 1 heterocycles. The molecule has 146 valence electrons. The lowest BCUT2D eigenvalue weighted by Crippen LogP contribution is -1.99. The summed E-state index contributed by atoms with van der Waals surface area (Å²) in [5, 5.41) is 12.6. The Morgan fingerprint density at radius 1 is 1.21 bits per heavy atom. The molecule has 0 atom stereocenters. The molecule has 3 aromatic rings. The van der Waals surface area contributed by atoms with E-state index in [9.17, 15) is 0 Å². The molecule has 1 aromatic heterocycles. The number of benzene rings is 2. The number of halogens is 2. The SMILES string of the molecule is CCCCc1n[nH]c(=S)n1/N=C/c1cccc(OCc2ccc(Cl)c(Cl)c2)c1. The second-order valence-electron chi connectivity index (χ2n) is 6.21. The third-order valence-corrected chi connectivity index (χ3v) is 5.04. The summed E-state index contributed by atoms with van der Waals surface area (Å²) in [6, 6.07) is 13.1. The van der Waals surface area contributed by atoms with Gasteiger partial charge >= 0.3 is 0 Å². The number of aryl methyl sites for hydroxylation is 1. The summed E-state index contributed by atoms with van der Waals surface area (Å²) in [6.45, 7) is 2.53. The zero-order valence-electron chi connectivity index (χ0n) is 15.4. The van der Waals surface area contributed by atoms with Crippen molar-refractivity contribution in [3.05, 3.63) is 74.2 Å². The Bertz CT molecular complexity index is 1030. The van der Waals surface area contributed by atoms with Crippen LogP contribution in [-0.2, 0) is 13.0 Å². The molecule has 0 unspecified atom stereocenters. The number of aromatic amines is 1. The minimum Gasteiger partial charge on any atom is -0.489 e. The molecule has 0 radical (unpaired) electrons. The van der Waals surface area contributed by atoms with Crippen molar-refractivity contribution >= 4 is 41.6 Å². The van der Waals surface area contributed by atoms with E-state index < -0.39 is 0 Å². The van der Waals surface area contributed by atoms with Crippen LogP contribution >= 0.6 is 35.4 Å². The highest BCUT2D eigenvalue weighted by Gasteiger charge is 2.04. The van der Waals surface area contributed by atoms with Crippen LogP contribution in [0.15, 0.2) is 47.6 Å². The van der Waals surface area contributed by atoms with Gasteiger partial charge in [0.05, 0.1) is 16.3 Å². The second-order valence-corrected chi connectivity index (χ2v) is 7.42. The van der Waals surface area contributed by atoms with E-state index in [0.29, 0.717) is 21.4 Å². The molecule has 0 bridgehead atoms. The molecule has 0 saturated carbocycles. The van der Waals surface area contributed by atoms with E-state index in [1.165, 1.54) is 0 Å². The number of rotatable bonds is 8. The molecular formula is C20H20Cl2N4OS.